The minimum Gasteiger partial charge on any atom is -0.457 e. The Kier molecular flexibility index (Phi) is 12.1. The molecule has 0 bridgehead atoms. The summed E-state index contributed by atoms with van der Waals surface area (Å²) in [5, 5.41) is 21.6. The lowest BCUT2D eigenvalue weighted by atomic mass is 9.87. The Morgan fingerprint density at radius 1 is 0.762 bits per heavy atom. The van der Waals surface area contributed by atoms with Gasteiger partial charge in [-0.15, -0.1) is 0 Å². The van der Waals surface area contributed by atoms with Crippen molar-refractivity contribution in [3.63, 3.8) is 0 Å². The van der Waals surface area contributed by atoms with Crippen molar-refractivity contribution in [2.75, 3.05) is 13.2 Å². The number of nitrogens with one attached hydrogen (secondary N) is 1. The number of aryl methyl sites for hydroxylation is 2. The first-order valence-electron chi connectivity index (χ1n) is 14.2. The van der Waals surface area contributed by atoms with Crippen molar-refractivity contribution < 1.29 is 34.1 Å². The number of ketones is 3. The number of carbonyl (C=O) groups is 4. The van der Waals surface area contributed by atoms with Crippen molar-refractivity contribution in [2.24, 2.45) is 5.41 Å². The van der Waals surface area contributed by atoms with Crippen LogP contribution in [0.3, 0.4) is 0 Å². The highest BCUT2D eigenvalue weighted by Crippen LogP contribution is 2.22. The first-order valence-corrected chi connectivity index (χ1v) is 14.2. The van der Waals surface area contributed by atoms with Crippen LogP contribution in [0, 0.1) is 5.41 Å². The molecular formula is C34H39NO7. The smallest absolute Gasteiger partial charge is 0.249 e. The molecule has 3 aromatic rings. The highest BCUT2D eigenvalue weighted by atomic mass is 16.5. The molecule has 0 aliphatic carbocycles. The molecule has 0 spiro atoms. The molecule has 0 aliphatic rings. The van der Waals surface area contributed by atoms with Crippen molar-refractivity contribution in [2.45, 2.75) is 58.5 Å². The molecule has 0 saturated heterocycles. The Bertz CT molecular complexity index is 1330. The van der Waals surface area contributed by atoms with Gasteiger partial charge in [-0.2, -0.15) is 0 Å². The van der Waals surface area contributed by atoms with Crippen molar-refractivity contribution in [3.05, 3.63) is 95.6 Å². The Morgan fingerprint density at radius 3 is 1.98 bits per heavy atom. The fourth-order valence-electron chi connectivity index (χ4n) is 4.18. The first kappa shape index (κ1) is 32.4. The summed E-state index contributed by atoms with van der Waals surface area (Å²) in [6, 6.07) is 24.5. The molecule has 8 heteroatoms. The molecule has 3 rings (SSSR count). The minimum atomic E-state index is -1.43. The molecule has 1 amide bonds. The quantitative estimate of drug-likeness (QED) is 0.158. The van der Waals surface area contributed by atoms with Crippen LogP contribution in [0.1, 0.15) is 61.0 Å². The van der Waals surface area contributed by atoms with E-state index in [0.29, 0.717) is 24.8 Å². The Labute approximate surface area is 246 Å². The summed E-state index contributed by atoms with van der Waals surface area (Å²) in [6.45, 7) is 2.63. The van der Waals surface area contributed by atoms with Gasteiger partial charge < -0.3 is 20.3 Å². The molecule has 0 aliphatic heterocycles. The van der Waals surface area contributed by atoms with Crippen LogP contribution < -0.4 is 10.1 Å². The lowest BCUT2D eigenvalue weighted by molar-refractivity contribution is -0.138. The number of rotatable bonds is 17. The molecular weight excluding hydrogens is 534 g/mol. The molecule has 3 N–H and O–H groups in total. The molecule has 0 unspecified atom stereocenters. The van der Waals surface area contributed by atoms with E-state index in [1.165, 1.54) is 0 Å². The predicted octanol–water partition coefficient (Wildman–Crippen LogP) is 4.64. The summed E-state index contributed by atoms with van der Waals surface area (Å²) in [6.07, 6.45) is 0.691. The molecule has 0 heterocycles. The molecule has 0 saturated carbocycles. The molecule has 0 aromatic heterocycles. The van der Waals surface area contributed by atoms with Crippen LogP contribution in [0.15, 0.2) is 78.9 Å². The van der Waals surface area contributed by atoms with E-state index >= 15 is 0 Å². The van der Waals surface area contributed by atoms with Gasteiger partial charge in [0.1, 0.15) is 17.6 Å². The van der Waals surface area contributed by atoms with E-state index in [-0.39, 0.29) is 31.8 Å². The minimum absolute atomic E-state index is 0.0232. The van der Waals surface area contributed by atoms with Gasteiger partial charge in [-0.3, -0.25) is 19.2 Å². The van der Waals surface area contributed by atoms with Gasteiger partial charge in [0.05, 0.1) is 6.61 Å². The summed E-state index contributed by atoms with van der Waals surface area (Å²) in [4.78, 5) is 49.0. The number of hydrogen-bond acceptors (Lipinski definition) is 7. The number of para-hydroxylation sites is 1. The summed E-state index contributed by atoms with van der Waals surface area (Å²) >= 11 is 0. The predicted molar refractivity (Wildman–Crippen MR) is 160 cm³/mol. The zero-order valence-electron chi connectivity index (χ0n) is 24.2. The van der Waals surface area contributed by atoms with E-state index in [9.17, 15) is 29.4 Å². The fraction of sp³-hybridized carbons (Fsp3) is 0.353. The number of carbonyl (C=O) groups excluding carboxylic acids is 4. The maximum atomic E-state index is 12.6. The second kappa shape index (κ2) is 15.7. The van der Waals surface area contributed by atoms with Gasteiger partial charge in [0.15, 0.2) is 17.3 Å². The number of hydrogen-bond donors (Lipinski definition) is 3. The number of benzene rings is 3. The van der Waals surface area contributed by atoms with E-state index in [1.807, 2.05) is 54.6 Å². The second-order valence-electron chi connectivity index (χ2n) is 11.0. The summed E-state index contributed by atoms with van der Waals surface area (Å²) in [7, 11) is 0. The third-order valence-corrected chi connectivity index (χ3v) is 7.05. The number of aliphatic hydroxyl groups is 2. The standard InChI is InChI=1S/C34H39NO7/c1-34(2,23-36)32(40)33(41)35-22-21-31(39)30(38)20-15-25-11-16-26(17-12-25)29(37)10-6-7-24-13-18-28(19-14-24)42-27-8-4-3-5-9-27/h3-5,8-9,11-14,16-19,32,36,40H,6-7,10,15,20-23H2,1-2H3,(H,35,41)/t32-/m0/s1. The summed E-state index contributed by atoms with van der Waals surface area (Å²) in [5.74, 6) is -0.256. The van der Waals surface area contributed by atoms with Gasteiger partial charge in [0, 0.05) is 36.8 Å². The Hall–Kier alpha value is -4.14. The summed E-state index contributed by atoms with van der Waals surface area (Å²) < 4.78 is 5.81. The molecule has 0 radical (unpaired) electrons. The number of amides is 1. The van der Waals surface area contributed by atoms with Crippen LogP contribution in [0.5, 0.6) is 11.5 Å². The van der Waals surface area contributed by atoms with Gasteiger partial charge in [-0.05, 0) is 54.7 Å². The third-order valence-electron chi connectivity index (χ3n) is 7.05. The number of ether oxygens (including phenoxy) is 1. The van der Waals surface area contributed by atoms with Crippen LogP contribution in [-0.4, -0.2) is 52.7 Å². The van der Waals surface area contributed by atoms with E-state index in [2.05, 4.69) is 5.32 Å². The highest BCUT2D eigenvalue weighted by molar-refractivity contribution is 6.37. The van der Waals surface area contributed by atoms with E-state index in [0.717, 1.165) is 29.0 Å². The van der Waals surface area contributed by atoms with Gasteiger partial charge in [-0.1, -0.05) is 68.4 Å². The topological polar surface area (TPSA) is 130 Å². The molecule has 1 atom stereocenters. The third kappa shape index (κ3) is 10.0. The van der Waals surface area contributed by atoms with E-state index in [1.54, 1.807) is 38.1 Å². The maximum Gasteiger partial charge on any atom is 0.249 e. The normalized spacial score (nSPS) is 11.9. The SMILES string of the molecule is CC(C)(CO)[C@@H](O)C(=O)NCCC(=O)C(=O)CCc1ccc(C(=O)CCCc2ccc(Oc3ccccc3)cc2)cc1. The fourth-order valence-corrected chi connectivity index (χ4v) is 4.18. The van der Waals surface area contributed by atoms with E-state index < -0.39 is 29.0 Å². The highest BCUT2D eigenvalue weighted by Gasteiger charge is 2.32. The average Bonchev–Trinajstić information content (AvgIpc) is 3.00. The molecule has 0 fully saturated rings. The maximum absolute atomic E-state index is 12.6. The molecule has 222 valence electrons. The lowest BCUT2D eigenvalue weighted by Gasteiger charge is -2.27. The number of Topliss-reactive ketones (excluding diaryl/α,β-unsaturated/α-hetero) is 3. The van der Waals surface area contributed by atoms with Crippen molar-refractivity contribution in [1.29, 1.82) is 0 Å². The lowest BCUT2D eigenvalue weighted by Crippen LogP contribution is -2.46. The van der Waals surface area contributed by atoms with Crippen molar-refractivity contribution in [1.82, 2.24) is 5.32 Å². The number of aliphatic hydroxyl groups excluding tert-OH is 2. The van der Waals surface area contributed by atoms with Gasteiger partial charge in [0.25, 0.3) is 0 Å². The van der Waals surface area contributed by atoms with Gasteiger partial charge in [0.2, 0.25) is 5.91 Å². The zero-order valence-corrected chi connectivity index (χ0v) is 24.2. The Morgan fingerprint density at radius 2 is 1.33 bits per heavy atom. The van der Waals surface area contributed by atoms with Crippen molar-refractivity contribution >= 4 is 23.3 Å². The largest absolute Gasteiger partial charge is 0.457 e. The molecule has 8 nitrogen and oxygen atoms in total. The van der Waals surface area contributed by atoms with Crippen LogP contribution in [-0.2, 0) is 27.2 Å². The van der Waals surface area contributed by atoms with Crippen LogP contribution >= 0.6 is 0 Å². The second-order valence-corrected chi connectivity index (χ2v) is 11.0. The summed E-state index contributed by atoms with van der Waals surface area (Å²) in [5.41, 5.74) is 1.56. The van der Waals surface area contributed by atoms with Gasteiger partial charge >= 0.3 is 0 Å². The zero-order chi connectivity index (χ0) is 30.5. The van der Waals surface area contributed by atoms with Crippen LogP contribution in [0.4, 0.5) is 0 Å². The average molecular weight is 574 g/mol. The van der Waals surface area contributed by atoms with Crippen LogP contribution in [0.2, 0.25) is 0 Å². The Balaban J connectivity index is 1.35. The van der Waals surface area contributed by atoms with Gasteiger partial charge in [-0.25, -0.2) is 0 Å². The first-order chi connectivity index (χ1) is 20.1. The van der Waals surface area contributed by atoms with Crippen molar-refractivity contribution in [3.8, 4) is 11.5 Å². The molecule has 42 heavy (non-hydrogen) atoms. The monoisotopic (exact) mass is 573 g/mol. The van der Waals surface area contributed by atoms with E-state index in [4.69, 9.17) is 4.74 Å². The molecule has 3 aromatic carbocycles. The van der Waals surface area contributed by atoms with Crippen LogP contribution in [0.25, 0.3) is 0 Å².